The number of nitrogens with zero attached hydrogens (tertiary/aromatic N) is 3. The normalized spacial score (nSPS) is 18.2. The number of thiazole rings is 1. The molecular formula is C23H27N3O4S2. The standard InChI is InChI=1S/C23H27N3O4S2/c1-4-25-20-13-10-18(30-3)15-21(20)31-23(25)24-22(27)17-8-11-19(12-9-17)32(28,29)26-14-6-5-7-16(26)2/h8-13,15-16H,4-7,14H2,1-3H3/t16-/m1/s1. The Hall–Kier alpha value is -2.49. The SMILES string of the molecule is CCn1c(=NC(=O)c2ccc(S(=O)(=O)N3CCCC[C@H]3C)cc2)sc2cc(OC)ccc21. The largest absolute Gasteiger partial charge is 0.497 e. The van der Waals surface area contributed by atoms with Crippen LogP contribution < -0.4 is 9.54 Å². The summed E-state index contributed by atoms with van der Waals surface area (Å²) in [5.41, 5.74) is 1.34. The molecule has 1 saturated heterocycles. The second-order valence-corrected chi connectivity index (χ2v) is 10.8. The first-order valence-electron chi connectivity index (χ1n) is 10.7. The van der Waals surface area contributed by atoms with Crippen molar-refractivity contribution in [3.8, 4) is 5.75 Å². The van der Waals surface area contributed by atoms with E-state index >= 15 is 0 Å². The number of benzene rings is 2. The van der Waals surface area contributed by atoms with Crippen LogP contribution in [0.25, 0.3) is 10.2 Å². The van der Waals surface area contributed by atoms with E-state index in [0.717, 1.165) is 35.2 Å². The number of aromatic nitrogens is 1. The number of ether oxygens (including phenoxy) is 1. The molecule has 2 aromatic carbocycles. The van der Waals surface area contributed by atoms with Crippen molar-refractivity contribution in [2.24, 2.45) is 4.99 Å². The van der Waals surface area contributed by atoms with E-state index in [2.05, 4.69) is 4.99 Å². The molecule has 0 bridgehead atoms. The predicted octanol–water partition coefficient (Wildman–Crippen LogP) is 4.04. The number of hydrogen-bond donors (Lipinski definition) is 0. The number of amides is 1. The fourth-order valence-corrected chi connectivity index (χ4v) is 6.88. The maximum absolute atomic E-state index is 13.0. The third-order valence-electron chi connectivity index (χ3n) is 5.85. The zero-order valence-electron chi connectivity index (χ0n) is 18.4. The van der Waals surface area contributed by atoms with Gasteiger partial charge in [-0.1, -0.05) is 17.8 Å². The monoisotopic (exact) mass is 473 g/mol. The molecule has 1 fully saturated rings. The van der Waals surface area contributed by atoms with Crippen molar-refractivity contribution in [1.82, 2.24) is 8.87 Å². The van der Waals surface area contributed by atoms with Crippen molar-refractivity contribution in [2.75, 3.05) is 13.7 Å². The maximum atomic E-state index is 13.0. The minimum Gasteiger partial charge on any atom is -0.497 e. The smallest absolute Gasteiger partial charge is 0.279 e. The molecule has 9 heteroatoms. The second-order valence-electron chi connectivity index (χ2n) is 7.86. The van der Waals surface area contributed by atoms with E-state index in [4.69, 9.17) is 4.74 Å². The Morgan fingerprint density at radius 3 is 2.59 bits per heavy atom. The van der Waals surface area contributed by atoms with E-state index in [1.807, 2.05) is 36.6 Å². The Morgan fingerprint density at radius 1 is 1.19 bits per heavy atom. The van der Waals surface area contributed by atoms with Crippen LogP contribution in [0.5, 0.6) is 5.75 Å². The lowest BCUT2D eigenvalue weighted by atomic mass is 10.1. The minimum atomic E-state index is -3.57. The van der Waals surface area contributed by atoms with Crippen LogP contribution in [0.1, 0.15) is 43.5 Å². The molecular weight excluding hydrogens is 446 g/mol. The zero-order chi connectivity index (χ0) is 22.9. The molecule has 3 aromatic rings. The Kier molecular flexibility index (Phi) is 6.50. The van der Waals surface area contributed by atoms with E-state index < -0.39 is 15.9 Å². The summed E-state index contributed by atoms with van der Waals surface area (Å²) in [6.45, 7) is 5.15. The molecule has 0 radical (unpaired) electrons. The fourth-order valence-electron chi connectivity index (χ4n) is 4.06. The summed E-state index contributed by atoms with van der Waals surface area (Å²) in [5, 5.41) is 0. The lowest BCUT2D eigenvalue weighted by Crippen LogP contribution is -2.41. The van der Waals surface area contributed by atoms with Gasteiger partial charge < -0.3 is 9.30 Å². The number of rotatable bonds is 5. The molecule has 32 heavy (non-hydrogen) atoms. The van der Waals surface area contributed by atoms with Crippen LogP contribution >= 0.6 is 11.3 Å². The Bertz CT molecular complexity index is 1310. The number of hydrogen-bond acceptors (Lipinski definition) is 5. The first-order chi connectivity index (χ1) is 15.3. The number of carbonyl (C=O) groups excluding carboxylic acids is 1. The molecule has 1 aliphatic rings. The third kappa shape index (κ3) is 4.24. The number of piperidine rings is 1. The average molecular weight is 474 g/mol. The van der Waals surface area contributed by atoms with Gasteiger partial charge in [-0.15, -0.1) is 0 Å². The van der Waals surface area contributed by atoms with Crippen LogP contribution in [-0.2, 0) is 16.6 Å². The number of methoxy groups -OCH3 is 1. The zero-order valence-corrected chi connectivity index (χ0v) is 20.1. The summed E-state index contributed by atoms with van der Waals surface area (Å²) in [7, 11) is -1.95. The topological polar surface area (TPSA) is 81.0 Å². The van der Waals surface area contributed by atoms with Crippen LogP contribution in [0.2, 0.25) is 0 Å². The molecule has 0 unspecified atom stereocenters. The third-order valence-corrected chi connectivity index (χ3v) is 8.92. The van der Waals surface area contributed by atoms with Crippen molar-refractivity contribution in [3.63, 3.8) is 0 Å². The maximum Gasteiger partial charge on any atom is 0.279 e. The van der Waals surface area contributed by atoms with Crippen molar-refractivity contribution in [1.29, 1.82) is 0 Å². The molecule has 1 atom stereocenters. The number of aryl methyl sites for hydroxylation is 1. The van der Waals surface area contributed by atoms with Crippen LogP contribution in [-0.4, -0.2) is 42.9 Å². The molecule has 1 aliphatic heterocycles. The van der Waals surface area contributed by atoms with Gasteiger partial charge in [0.1, 0.15) is 5.75 Å². The fraction of sp³-hybridized carbons (Fsp3) is 0.391. The van der Waals surface area contributed by atoms with E-state index in [1.165, 1.54) is 23.5 Å². The van der Waals surface area contributed by atoms with E-state index in [0.29, 0.717) is 23.5 Å². The van der Waals surface area contributed by atoms with Gasteiger partial charge in [-0.25, -0.2) is 8.42 Å². The highest BCUT2D eigenvalue weighted by Gasteiger charge is 2.30. The van der Waals surface area contributed by atoms with Gasteiger partial charge in [-0.2, -0.15) is 9.30 Å². The molecule has 170 valence electrons. The number of fused-ring (bicyclic) bond motifs is 1. The highest BCUT2D eigenvalue weighted by molar-refractivity contribution is 7.89. The van der Waals surface area contributed by atoms with Crippen LogP contribution in [0.15, 0.2) is 52.4 Å². The van der Waals surface area contributed by atoms with Gasteiger partial charge in [0.25, 0.3) is 5.91 Å². The molecule has 0 spiro atoms. The Balaban J connectivity index is 1.64. The summed E-state index contributed by atoms with van der Waals surface area (Å²) < 4.78 is 35.8. The molecule has 0 saturated carbocycles. The van der Waals surface area contributed by atoms with E-state index in [-0.39, 0.29) is 10.9 Å². The van der Waals surface area contributed by atoms with Gasteiger partial charge in [0.2, 0.25) is 10.0 Å². The Labute approximate surface area is 192 Å². The quantitative estimate of drug-likeness (QED) is 0.560. The van der Waals surface area contributed by atoms with Gasteiger partial charge in [-0.05, 0) is 69.2 Å². The highest BCUT2D eigenvalue weighted by Crippen LogP contribution is 2.26. The lowest BCUT2D eigenvalue weighted by molar-refractivity contribution is 0.0997. The van der Waals surface area contributed by atoms with Crippen molar-refractivity contribution < 1.29 is 17.9 Å². The van der Waals surface area contributed by atoms with Gasteiger partial charge in [0, 0.05) is 24.7 Å². The highest BCUT2D eigenvalue weighted by atomic mass is 32.2. The molecule has 2 heterocycles. The summed E-state index contributed by atoms with van der Waals surface area (Å²) in [4.78, 5) is 18.0. The molecule has 0 aliphatic carbocycles. The second kappa shape index (κ2) is 9.17. The Morgan fingerprint density at radius 2 is 1.94 bits per heavy atom. The van der Waals surface area contributed by atoms with Crippen molar-refractivity contribution in [2.45, 2.75) is 50.6 Å². The number of carbonyl (C=O) groups is 1. The van der Waals surface area contributed by atoms with Gasteiger partial charge in [0.15, 0.2) is 4.80 Å². The number of sulfonamides is 1. The average Bonchev–Trinajstić information content (AvgIpc) is 3.15. The first-order valence-corrected chi connectivity index (χ1v) is 13.0. The van der Waals surface area contributed by atoms with Gasteiger partial charge >= 0.3 is 0 Å². The molecule has 7 nitrogen and oxygen atoms in total. The summed E-state index contributed by atoms with van der Waals surface area (Å²) in [6.07, 6.45) is 2.79. The van der Waals surface area contributed by atoms with Crippen LogP contribution in [0.4, 0.5) is 0 Å². The lowest BCUT2D eigenvalue weighted by Gasteiger charge is -2.32. The molecule has 0 N–H and O–H groups in total. The van der Waals surface area contributed by atoms with E-state index in [1.54, 1.807) is 23.5 Å². The van der Waals surface area contributed by atoms with Crippen LogP contribution in [0.3, 0.4) is 0 Å². The van der Waals surface area contributed by atoms with E-state index in [9.17, 15) is 13.2 Å². The molecule has 4 rings (SSSR count). The predicted molar refractivity (Wildman–Crippen MR) is 126 cm³/mol. The van der Waals surface area contributed by atoms with Crippen molar-refractivity contribution >= 4 is 37.5 Å². The summed E-state index contributed by atoms with van der Waals surface area (Å²) in [6, 6.07) is 11.8. The molecule has 1 amide bonds. The van der Waals surface area contributed by atoms with Crippen molar-refractivity contribution in [3.05, 3.63) is 52.8 Å². The van der Waals surface area contributed by atoms with Gasteiger partial charge in [0.05, 0.1) is 22.2 Å². The summed E-state index contributed by atoms with van der Waals surface area (Å²) >= 11 is 1.42. The summed E-state index contributed by atoms with van der Waals surface area (Å²) in [5.74, 6) is 0.348. The first kappa shape index (κ1) is 22.7. The molecule has 1 aromatic heterocycles. The van der Waals surface area contributed by atoms with Gasteiger partial charge in [-0.3, -0.25) is 4.79 Å². The minimum absolute atomic E-state index is 0.0128. The van der Waals surface area contributed by atoms with Crippen LogP contribution in [0, 0.1) is 0 Å².